The topological polar surface area (TPSA) is 22.0 Å². The molecule has 0 amide bonds. The van der Waals surface area contributed by atoms with E-state index in [9.17, 15) is 4.79 Å². The van der Waals surface area contributed by atoms with Crippen molar-refractivity contribution < 1.29 is 0 Å². The summed E-state index contributed by atoms with van der Waals surface area (Å²) in [7, 11) is 0. The molecule has 0 radical (unpaired) electrons. The summed E-state index contributed by atoms with van der Waals surface area (Å²) < 4.78 is 2.35. The number of benzene rings is 1. The molecule has 17 heavy (non-hydrogen) atoms. The van der Waals surface area contributed by atoms with Crippen LogP contribution in [-0.2, 0) is 6.54 Å². The summed E-state index contributed by atoms with van der Waals surface area (Å²) >= 11 is 3.30. The molecule has 2 aromatic rings. The van der Waals surface area contributed by atoms with Crippen LogP contribution in [-0.4, -0.2) is 4.57 Å². The van der Waals surface area contributed by atoms with E-state index in [0.717, 1.165) is 5.56 Å². The molecule has 88 valence electrons. The number of halogens is 1. The third kappa shape index (κ3) is 2.67. The van der Waals surface area contributed by atoms with Gasteiger partial charge in [0.05, 0.1) is 11.0 Å². The van der Waals surface area contributed by atoms with Crippen molar-refractivity contribution in [2.45, 2.75) is 20.4 Å². The molecule has 0 aliphatic rings. The van der Waals surface area contributed by atoms with E-state index in [0.29, 0.717) is 11.0 Å². The van der Waals surface area contributed by atoms with Crippen LogP contribution in [0.4, 0.5) is 0 Å². The molecule has 1 heterocycles. The number of aryl methyl sites for hydroxylation is 2. The fourth-order valence-electron chi connectivity index (χ4n) is 1.83. The summed E-state index contributed by atoms with van der Waals surface area (Å²) in [5, 5.41) is 0. The van der Waals surface area contributed by atoms with Crippen molar-refractivity contribution in [3.05, 3.63) is 68.0 Å². The van der Waals surface area contributed by atoms with Crippen LogP contribution in [0.3, 0.4) is 0 Å². The Morgan fingerprint density at radius 2 is 1.94 bits per heavy atom. The second-order valence-corrected chi connectivity index (χ2v) is 5.08. The lowest BCUT2D eigenvalue weighted by molar-refractivity contribution is 0.746. The molecule has 0 spiro atoms. The van der Waals surface area contributed by atoms with E-state index in [1.54, 1.807) is 4.57 Å². The third-order valence-corrected chi connectivity index (χ3v) is 3.35. The summed E-state index contributed by atoms with van der Waals surface area (Å²) in [6.07, 6.45) is 1.89. The zero-order valence-electron chi connectivity index (χ0n) is 9.90. The zero-order chi connectivity index (χ0) is 12.4. The lowest BCUT2D eigenvalue weighted by Gasteiger charge is -2.10. The Morgan fingerprint density at radius 1 is 1.24 bits per heavy atom. The number of aromatic nitrogens is 1. The highest BCUT2D eigenvalue weighted by Gasteiger charge is 2.04. The van der Waals surface area contributed by atoms with Gasteiger partial charge >= 0.3 is 0 Å². The van der Waals surface area contributed by atoms with Gasteiger partial charge in [0.15, 0.2) is 0 Å². The van der Waals surface area contributed by atoms with E-state index in [1.807, 2.05) is 31.3 Å². The molecule has 1 aromatic heterocycles. The van der Waals surface area contributed by atoms with Crippen molar-refractivity contribution in [3.63, 3.8) is 0 Å². The maximum atomic E-state index is 12.0. The van der Waals surface area contributed by atoms with Crippen LogP contribution in [0.15, 0.2) is 45.8 Å². The molecule has 0 fully saturated rings. The Hall–Kier alpha value is -1.35. The molecule has 0 aliphatic heterocycles. The molecular weight excluding hydrogens is 278 g/mol. The fourth-order valence-corrected chi connectivity index (χ4v) is 2.42. The summed E-state index contributed by atoms with van der Waals surface area (Å²) in [5.74, 6) is 0. The third-order valence-electron chi connectivity index (χ3n) is 2.78. The van der Waals surface area contributed by atoms with Gasteiger partial charge in [-0.1, -0.05) is 24.3 Å². The Morgan fingerprint density at radius 3 is 2.65 bits per heavy atom. The molecule has 0 saturated heterocycles. The largest absolute Gasteiger partial charge is 0.310 e. The smallest absolute Gasteiger partial charge is 0.265 e. The van der Waals surface area contributed by atoms with E-state index < -0.39 is 0 Å². The Kier molecular flexibility index (Phi) is 3.48. The van der Waals surface area contributed by atoms with Crippen LogP contribution in [0, 0.1) is 13.8 Å². The van der Waals surface area contributed by atoms with Gasteiger partial charge in [-0.3, -0.25) is 4.79 Å². The number of hydrogen-bond acceptors (Lipinski definition) is 1. The summed E-state index contributed by atoms with van der Waals surface area (Å²) in [5.41, 5.74) is 3.47. The average molecular weight is 292 g/mol. The van der Waals surface area contributed by atoms with Gasteiger partial charge in [-0.2, -0.15) is 0 Å². The first kappa shape index (κ1) is 12.1. The first-order valence-electron chi connectivity index (χ1n) is 5.49. The fraction of sp³-hybridized carbons (Fsp3) is 0.214. The molecule has 3 heteroatoms. The predicted octanol–water partition coefficient (Wildman–Crippen LogP) is 3.28. The molecule has 0 atom stereocenters. The predicted molar refractivity (Wildman–Crippen MR) is 73.4 cm³/mol. The molecule has 1 aromatic carbocycles. The molecule has 0 unspecified atom stereocenters. The van der Waals surface area contributed by atoms with Crippen molar-refractivity contribution in [2.75, 3.05) is 0 Å². The lowest BCUT2D eigenvalue weighted by Crippen LogP contribution is -2.21. The Labute approximate surface area is 109 Å². The Bertz CT molecular complexity index is 601. The Balaban J connectivity index is 2.44. The molecule has 2 nitrogen and oxygen atoms in total. The van der Waals surface area contributed by atoms with Crippen LogP contribution in [0.1, 0.15) is 16.7 Å². The van der Waals surface area contributed by atoms with Gasteiger partial charge in [-0.25, -0.2) is 0 Å². The normalized spacial score (nSPS) is 10.5. The number of pyridine rings is 1. The van der Waals surface area contributed by atoms with Crippen LogP contribution < -0.4 is 5.56 Å². The summed E-state index contributed by atoms with van der Waals surface area (Å²) in [6, 6.07) is 9.96. The van der Waals surface area contributed by atoms with Crippen LogP contribution in [0.25, 0.3) is 0 Å². The highest BCUT2D eigenvalue weighted by molar-refractivity contribution is 9.10. The van der Waals surface area contributed by atoms with E-state index in [4.69, 9.17) is 0 Å². The van der Waals surface area contributed by atoms with Crippen molar-refractivity contribution >= 4 is 15.9 Å². The van der Waals surface area contributed by atoms with Crippen molar-refractivity contribution in [2.24, 2.45) is 0 Å². The molecule has 0 N–H and O–H groups in total. The van der Waals surface area contributed by atoms with Gasteiger partial charge in [-0.05, 0) is 52.5 Å². The molecular formula is C14H14BrNO. The van der Waals surface area contributed by atoms with E-state index >= 15 is 0 Å². The SMILES string of the molecule is Cc1cc(Br)c(=O)n(Cc2ccccc2C)c1. The quantitative estimate of drug-likeness (QED) is 0.832. The van der Waals surface area contributed by atoms with Crippen molar-refractivity contribution in [1.82, 2.24) is 4.57 Å². The first-order valence-corrected chi connectivity index (χ1v) is 6.28. The molecule has 2 rings (SSSR count). The second kappa shape index (κ2) is 4.88. The van der Waals surface area contributed by atoms with Gasteiger partial charge in [0, 0.05) is 6.20 Å². The van der Waals surface area contributed by atoms with E-state index in [2.05, 4.69) is 35.0 Å². The van der Waals surface area contributed by atoms with Gasteiger partial charge in [0.2, 0.25) is 0 Å². The van der Waals surface area contributed by atoms with E-state index in [1.165, 1.54) is 11.1 Å². The minimum absolute atomic E-state index is 0.0128. The van der Waals surface area contributed by atoms with Crippen LogP contribution in [0.5, 0.6) is 0 Å². The summed E-state index contributed by atoms with van der Waals surface area (Å²) in [6.45, 7) is 4.66. The van der Waals surface area contributed by atoms with Crippen LogP contribution >= 0.6 is 15.9 Å². The van der Waals surface area contributed by atoms with Gasteiger partial charge in [0.1, 0.15) is 0 Å². The van der Waals surface area contributed by atoms with Gasteiger partial charge in [0.25, 0.3) is 5.56 Å². The lowest BCUT2D eigenvalue weighted by atomic mass is 10.1. The van der Waals surface area contributed by atoms with Crippen molar-refractivity contribution in [3.8, 4) is 0 Å². The summed E-state index contributed by atoms with van der Waals surface area (Å²) in [4.78, 5) is 12.0. The van der Waals surface area contributed by atoms with Gasteiger partial charge in [-0.15, -0.1) is 0 Å². The second-order valence-electron chi connectivity index (χ2n) is 4.22. The minimum atomic E-state index is 0.0128. The molecule has 0 saturated carbocycles. The number of nitrogens with zero attached hydrogens (tertiary/aromatic N) is 1. The number of hydrogen-bond donors (Lipinski definition) is 0. The monoisotopic (exact) mass is 291 g/mol. The van der Waals surface area contributed by atoms with Crippen molar-refractivity contribution in [1.29, 1.82) is 0 Å². The zero-order valence-corrected chi connectivity index (χ0v) is 11.5. The maximum Gasteiger partial charge on any atom is 0.265 e. The van der Waals surface area contributed by atoms with E-state index in [-0.39, 0.29) is 5.56 Å². The number of rotatable bonds is 2. The average Bonchev–Trinajstić information content (AvgIpc) is 2.28. The molecule has 0 bridgehead atoms. The highest BCUT2D eigenvalue weighted by atomic mass is 79.9. The standard InChI is InChI=1S/C14H14BrNO/c1-10-7-13(15)14(17)16(8-10)9-12-6-4-3-5-11(12)2/h3-8H,9H2,1-2H3. The van der Waals surface area contributed by atoms with Crippen LogP contribution in [0.2, 0.25) is 0 Å². The maximum absolute atomic E-state index is 12.0. The minimum Gasteiger partial charge on any atom is -0.310 e. The first-order chi connectivity index (χ1) is 8.08. The van der Waals surface area contributed by atoms with Gasteiger partial charge < -0.3 is 4.57 Å². The molecule has 0 aliphatic carbocycles. The highest BCUT2D eigenvalue weighted by Crippen LogP contribution is 2.11.